The Morgan fingerprint density at radius 1 is 1.17 bits per heavy atom. The average molecular weight is 397 g/mol. The molecule has 1 saturated heterocycles. The van der Waals surface area contributed by atoms with E-state index in [0.717, 1.165) is 0 Å². The second kappa shape index (κ2) is 7.54. The van der Waals surface area contributed by atoms with Crippen molar-refractivity contribution in [2.45, 2.75) is 25.5 Å². The van der Waals surface area contributed by atoms with Crippen LogP contribution in [0.15, 0.2) is 48.7 Å². The minimum atomic E-state index is -0.821. The minimum Gasteiger partial charge on any atom is -0.485 e. The summed E-state index contributed by atoms with van der Waals surface area (Å²) in [5.74, 6) is -1.30. The largest absolute Gasteiger partial charge is 0.485 e. The Morgan fingerprint density at radius 2 is 1.93 bits per heavy atom. The predicted octanol–water partition coefficient (Wildman–Crippen LogP) is 2.62. The number of ether oxygens (including phenoxy) is 2. The number of hydrogen-bond donors (Lipinski definition) is 0. The molecular weight excluding hydrogens is 377 g/mol. The Labute approximate surface area is 166 Å². The molecule has 1 aliphatic heterocycles. The van der Waals surface area contributed by atoms with Gasteiger partial charge in [0.2, 0.25) is 0 Å². The van der Waals surface area contributed by atoms with Crippen molar-refractivity contribution < 1.29 is 23.5 Å². The van der Waals surface area contributed by atoms with Crippen LogP contribution < -0.4 is 4.74 Å². The quantitative estimate of drug-likeness (QED) is 0.633. The molecule has 0 saturated carbocycles. The number of aromatic nitrogens is 2. The van der Waals surface area contributed by atoms with E-state index < -0.39 is 23.9 Å². The summed E-state index contributed by atoms with van der Waals surface area (Å²) in [4.78, 5) is 31.5. The first kappa shape index (κ1) is 18.9. The van der Waals surface area contributed by atoms with Gasteiger partial charge in [0.25, 0.3) is 5.91 Å². The number of likely N-dealkylation sites (tertiary alicyclic amines) is 1. The molecular formula is C21H20FN3O4. The highest BCUT2D eigenvalue weighted by molar-refractivity contribution is 5.97. The number of nitrogens with zero attached hydrogens (tertiary/aromatic N) is 3. The zero-order chi connectivity index (χ0) is 20.5. The van der Waals surface area contributed by atoms with E-state index in [1.165, 1.54) is 24.1 Å². The summed E-state index contributed by atoms with van der Waals surface area (Å²) in [6.07, 6.45) is 1.42. The van der Waals surface area contributed by atoms with Crippen LogP contribution in [0.1, 0.15) is 22.6 Å². The zero-order valence-electron chi connectivity index (χ0n) is 16.0. The van der Waals surface area contributed by atoms with Crippen molar-refractivity contribution >= 4 is 17.5 Å². The Balaban J connectivity index is 1.65. The highest BCUT2D eigenvalue weighted by Crippen LogP contribution is 2.28. The second-order valence-electron chi connectivity index (χ2n) is 6.88. The van der Waals surface area contributed by atoms with Gasteiger partial charge in [0.15, 0.2) is 11.6 Å². The lowest BCUT2D eigenvalue weighted by molar-refractivity contribution is -0.145. The fourth-order valence-electron chi connectivity index (χ4n) is 3.69. The summed E-state index contributed by atoms with van der Waals surface area (Å²) in [5, 5.41) is 0. The number of hydrogen-bond acceptors (Lipinski definition) is 5. The second-order valence-corrected chi connectivity index (χ2v) is 6.88. The summed E-state index contributed by atoms with van der Waals surface area (Å²) in [5.41, 5.74) is 1.57. The van der Waals surface area contributed by atoms with Gasteiger partial charge >= 0.3 is 5.97 Å². The van der Waals surface area contributed by atoms with Gasteiger partial charge in [-0.1, -0.05) is 18.2 Å². The van der Waals surface area contributed by atoms with Gasteiger partial charge in [-0.15, -0.1) is 0 Å². The Hall–Kier alpha value is -3.42. The molecule has 3 heterocycles. The molecule has 1 amide bonds. The van der Waals surface area contributed by atoms with E-state index in [9.17, 15) is 14.0 Å². The number of imidazole rings is 1. The molecule has 2 unspecified atom stereocenters. The standard InChI is InChI=1S/C21H20FN3O4/c1-13-19(24-10-6-5-9-18(24)23-13)20(26)25-12-14(11-16(25)21(27)28-2)29-17-8-4-3-7-15(17)22/h3-10,14,16H,11-12H2,1-2H3. The molecule has 0 aliphatic carbocycles. The van der Waals surface area contributed by atoms with E-state index in [1.807, 2.05) is 6.07 Å². The van der Waals surface area contributed by atoms with Crippen molar-refractivity contribution in [1.29, 1.82) is 0 Å². The van der Waals surface area contributed by atoms with E-state index in [2.05, 4.69) is 4.98 Å². The molecule has 29 heavy (non-hydrogen) atoms. The molecule has 3 aromatic rings. The van der Waals surface area contributed by atoms with Crippen molar-refractivity contribution in [3.63, 3.8) is 0 Å². The molecule has 8 heteroatoms. The summed E-state index contributed by atoms with van der Waals surface area (Å²) in [6.45, 7) is 1.88. The third-order valence-corrected chi connectivity index (χ3v) is 5.03. The van der Waals surface area contributed by atoms with Crippen molar-refractivity contribution in [3.8, 4) is 5.75 Å². The minimum absolute atomic E-state index is 0.0846. The number of rotatable bonds is 4. The summed E-state index contributed by atoms with van der Waals surface area (Å²) < 4.78 is 26.3. The zero-order valence-corrected chi connectivity index (χ0v) is 16.0. The SMILES string of the molecule is COC(=O)C1CC(Oc2ccccc2F)CN1C(=O)c1c(C)nc2ccccn12. The van der Waals surface area contributed by atoms with Crippen LogP contribution in [-0.4, -0.2) is 52.0 Å². The van der Waals surface area contributed by atoms with Crippen molar-refractivity contribution in [3.05, 3.63) is 65.9 Å². The molecule has 2 aromatic heterocycles. The van der Waals surface area contributed by atoms with Gasteiger partial charge in [0, 0.05) is 12.6 Å². The van der Waals surface area contributed by atoms with E-state index in [0.29, 0.717) is 17.0 Å². The predicted molar refractivity (Wildman–Crippen MR) is 102 cm³/mol. The van der Waals surface area contributed by atoms with E-state index >= 15 is 0 Å². The maximum Gasteiger partial charge on any atom is 0.328 e. The van der Waals surface area contributed by atoms with Gasteiger partial charge in [-0.3, -0.25) is 9.20 Å². The van der Waals surface area contributed by atoms with Crippen LogP contribution in [0, 0.1) is 12.7 Å². The number of aryl methyl sites for hydroxylation is 1. The number of esters is 1. The van der Waals surface area contributed by atoms with Crippen LogP contribution in [0.25, 0.3) is 5.65 Å². The average Bonchev–Trinajstić information content (AvgIpc) is 3.29. The first-order valence-corrected chi connectivity index (χ1v) is 9.23. The first-order chi connectivity index (χ1) is 14.0. The van der Waals surface area contributed by atoms with Crippen LogP contribution in [0.5, 0.6) is 5.75 Å². The molecule has 1 aliphatic rings. The number of carbonyl (C=O) groups is 2. The van der Waals surface area contributed by atoms with Crippen molar-refractivity contribution in [2.24, 2.45) is 0 Å². The number of halogens is 1. The molecule has 2 atom stereocenters. The number of para-hydroxylation sites is 1. The number of benzene rings is 1. The van der Waals surface area contributed by atoms with Crippen LogP contribution in [0.3, 0.4) is 0 Å². The smallest absolute Gasteiger partial charge is 0.328 e. The van der Waals surface area contributed by atoms with Gasteiger partial charge in [-0.05, 0) is 31.2 Å². The van der Waals surface area contributed by atoms with Gasteiger partial charge in [0.1, 0.15) is 23.5 Å². The normalized spacial score (nSPS) is 18.8. The van der Waals surface area contributed by atoms with E-state index in [4.69, 9.17) is 9.47 Å². The maximum atomic E-state index is 14.0. The Morgan fingerprint density at radius 3 is 2.69 bits per heavy atom. The van der Waals surface area contributed by atoms with Crippen molar-refractivity contribution in [1.82, 2.24) is 14.3 Å². The molecule has 7 nitrogen and oxygen atoms in total. The number of fused-ring (bicyclic) bond motifs is 1. The summed E-state index contributed by atoms with van der Waals surface area (Å²) in [6, 6.07) is 10.7. The highest BCUT2D eigenvalue weighted by Gasteiger charge is 2.43. The van der Waals surface area contributed by atoms with Gasteiger partial charge in [0.05, 0.1) is 19.3 Å². The topological polar surface area (TPSA) is 73.1 Å². The van der Waals surface area contributed by atoms with Gasteiger partial charge in [-0.2, -0.15) is 0 Å². The fourth-order valence-corrected chi connectivity index (χ4v) is 3.69. The fraction of sp³-hybridized carbons (Fsp3) is 0.286. The molecule has 0 bridgehead atoms. The molecule has 1 fully saturated rings. The number of methoxy groups -OCH3 is 1. The molecule has 0 N–H and O–H groups in total. The van der Waals surface area contributed by atoms with Crippen LogP contribution in [0.2, 0.25) is 0 Å². The molecule has 0 radical (unpaired) electrons. The monoisotopic (exact) mass is 397 g/mol. The lowest BCUT2D eigenvalue weighted by Crippen LogP contribution is -2.42. The van der Waals surface area contributed by atoms with Crippen LogP contribution >= 0.6 is 0 Å². The Kier molecular flexibility index (Phi) is 4.92. The summed E-state index contributed by atoms with van der Waals surface area (Å²) >= 11 is 0. The van der Waals surface area contributed by atoms with Crippen LogP contribution in [0.4, 0.5) is 4.39 Å². The van der Waals surface area contributed by atoms with Crippen molar-refractivity contribution in [2.75, 3.05) is 13.7 Å². The molecule has 150 valence electrons. The molecule has 0 spiro atoms. The molecule has 4 rings (SSSR count). The van der Waals surface area contributed by atoms with Gasteiger partial charge in [-0.25, -0.2) is 14.2 Å². The van der Waals surface area contributed by atoms with Crippen LogP contribution in [-0.2, 0) is 9.53 Å². The maximum absolute atomic E-state index is 14.0. The van der Waals surface area contributed by atoms with E-state index in [-0.39, 0.29) is 24.6 Å². The Bertz CT molecular complexity index is 1080. The summed E-state index contributed by atoms with van der Waals surface area (Å²) in [7, 11) is 1.27. The third-order valence-electron chi connectivity index (χ3n) is 5.03. The highest BCUT2D eigenvalue weighted by atomic mass is 19.1. The third kappa shape index (κ3) is 3.41. The van der Waals surface area contributed by atoms with Gasteiger partial charge < -0.3 is 14.4 Å². The first-order valence-electron chi connectivity index (χ1n) is 9.23. The number of amides is 1. The lowest BCUT2D eigenvalue weighted by atomic mass is 10.2. The number of carbonyl (C=O) groups excluding carboxylic acids is 2. The number of pyridine rings is 1. The molecule has 1 aromatic carbocycles. The van der Waals surface area contributed by atoms with E-state index in [1.54, 1.807) is 41.8 Å². The lowest BCUT2D eigenvalue weighted by Gasteiger charge is -2.22.